The zero-order valence-corrected chi connectivity index (χ0v) is 21.9. The Balaban J connectivity index is 1.27. The minimum absolute atomic E-state index is 0.137. The fraction of sp³-hybridized carbons (Fsp3) is 0.103. The summed E-state index contributed by atoms with van der Waals surface area (Å²) in [6.45, 7) is 0.551. The SMILES string of the molecule is O=C1S/C(=C\c2cc(Br)ccc2OCc2ccc(F)cc2)C(=O)N1CCOc1cccc2ccccc12. The molecule has 0 saturated carbocycles. The Kier molecular flexibility index (Phi) is 7.58. The van der Waals surface area contributed by atoms with Gasteiger partial charge >= 0.3 is 0 Å². The van der Waals surface area contributed by atoms with Crippen molar-refractivity contribution in [2.24, 2.45) is 0 Å². The second kappa shape index (κ2) is 11.2. The predicted molar refractivity (Wildman–Crippen MR) is 147 cm³/mol. The maximum atomic E-state index is 13.2. The number of rotatable bonds is 8. The van der Waals surface area contributed by atoms with Gasteiger partial charge in [0.15, 0.2) is 0 Å². The molecule has 4 aromatic rings. The van der Waals surface area contributed by atoms with E-state index in [4.69, 9.17) is 9.47 Å². The maximum absolute atomic E-state index is 13.2. The minimum atomic E-state index is -0.374. The van der Waals surface area contributed by atoms with E-state index in [0.29, 0.717) is 22.0 Å². The number of thioether (sulfide) groups is 1. The summed E-state index contributed by atoms with van der Waals surface area (Å²) >= 11 is 4.34. The van der Waals surface area contributed by atoms with Crippen LogP contribution in [0.3, 0.4) is 0 Å². The fourth-order valence-electron chi connectivity index (χ4n) is 3.91. The van der Waals surface area contributed by atoms with Crippen LogP contribution in [0.15, 0.2) is 94.3 Å². The van der Waals surface area contributed by atoms with Crippen LogP contribution in [-0.4, -0.2) is 29.2 Å². The second-order valence-electron chi connectivity index (χ2n) is 8.26. The zero-order valence-electron chi connectivity index (χ0n) is 19.5. The Morgan fingerprint density at radius 1 is 0.892 bits per heavy atom. The Hall–Kier alpha value is -3.62. The number of nitrogens with zero attached hydrogens (tertiary/aromatic N) is 1. The molecule has 0 aliphatic carbocycles. The average molecular weight is 578 g/mol. The molecule has 0 N–H and O–H groups in total. The Labute approximate surface area is 226 Å². The number of amides is 2. The monoisotopic (exact) mass is 577 g/mol. The molecule has 5 rings (SSSR count). The van der Waals surface area contributed by atoms with E-state index < -0.39 is 0 Å². The molecule has 0 aromatic heterocycles. The van der Waals surface area contributed by atoms with Gasteiger partial charge in [0, 0.05) is 15.4 Å². The highest BCUT2D eigenvalue weighted by Crippen LogP contribution is 2.35. The molecule has 1 aliphatic heterocycles. The van der Waals surface area contributed by atoms with E-state index >= 15 is 0 Å². The zero-order chi connectivity index (χ0) is 25.8. The molecule has 1 aliphatic rings. The molecule has 1 saturated heterocycles. The molecular weight excluding hydrogens is 557 g/mol. The standard InChI is InChI=1S/C29H21BrFNO4S/c30-22-10-13-25(36-18-19-8-11-23(31)12-9-19)21(16-22)17-27-28(33)32(29(34)37-27)14-15-35-26-7-3-5-20-4-1-2-6-24(20)26/h1-13,16-17H,14-15,18H2/b27-17-. The summed E-state index contributed by atoms with van der Waals surface area (Å²) < 4.78 is 25.8. The van der Waals surface area contributed by atoms with E-state index in [1.807, 2.05) is 54.6 Å². The van der Waals surface area contributed by atoms with Crippen molar-refractivity contribution in [3.8, 4) is 11.5 Å². The summed E-state index contributed by atoms with van der Waals surface area (Å²) in [5.41, 5.74) is 1.45. The van der Waals surface area contributed by atoms with Gasteiger partial charge in [0.1, 0.15) is 30.5 Å². The lowest BCUT2D eigenvalue weighted by molar-refractivity contribution is -0.123. The molecule has 37 heavy (non-hydrogen) atoms. The number of halogens is 2. The minimum Gasteiger partial charge on any atom is -0.491 e. The molecular formula is C29H21BrFNO4S. The van der Waals surface area contributed by atoms with Crippen molar-refractivity contribution in [1.82, 2.24) is 4.90 Å². The van der Waals surface area contributed by atoms with Crippen LogP contribution in [0.5, 0.6) is 11.5 Å². The summed E-state index contributed by atoms with van der Waals surface area (Å²) in [6, 6.07) is 25.1. The third-order valence-electron chi connectivity index (χ3n) is 5.76. The lowest BCUT2D eigenvalue weighted by Gasteiger charge is -2.14. The predicted octanol–water partition coefficient (Wildman–Crippen LogP) is 7.44. The molecule has 0 unspecified atom stereocenters. The molecule has 4 aromatic carbocycles. The van der Waals surface area contributed by atoms with Gasteiger partial charge in [-0.3, -0.25) is 14.5 Å². The van der Waals surface area contributed by atoms with Crippen molar-refractivity contribution in [1.29, 1.82) is 0 Å². The Bertz CT molecular complexity index is 1500. The molecule has 0 bridgehead atoms. The van der Waals surface area contributed by atoms with Crippen LogP contribution in [0, 0.1) is 5.82 Å². The Morgan fingerprint density at radius 3 is 2.51 bits per heavy atom. The van der Waals surface area contributed by atoms with E-state index in [-0.39, 0.29) is 36.7 Å². The molecule has 8 heteroatoms. The van der Waals surface area contributed by atoms with Gasteiger partial charge in [-0.25, -0.2) is 4.39 Å². The topological polar surface area (TPSA) is 55.8 Å². The van der Waals surface area contributed by atoms with E-state index in [1.54, 1.807) is 24.3 Å². The third kappa shape index (κ3) is 5.87. The van der Waals surface area contributed by atoms with Gasteiger partial charge in [-0.05, 0) is 65.2 Å². The highest BCUT2D eigenvalue weighted by molar-refractivity contribution is 9.10. The lowest BCUT2D eigenvalue weighted by Crippen LogP contribution is -2.32. The summed E-state index contributed by atoms with van der Waals surface area (Å²) in [6.07, 6.45) is 1.65. The normalized spacial score (nSPS) is 14.5. The molecule has 0 atom stereocenters. The van der Waals surface area contributed by atoms with Crippen LogP contribution in [0.2, 0.25) is 0 Å². The number of fused-ring (bicyclic) bond motifs is 1. The number of carbonyl (C=O) groups is 2. The third-order valence-corrected chi connectivity index (χ3v) is 7.16. The second-order valence-corrected chi connectivity index (χ2v) is 10.2. The van der Waals surface area contributed by atoms with Crippen molar-refractivity contribution in [2.45, 2.75) is 6.61 Å². The van der Waals surface area contributed by atoms with E-state index in [1.165, 1.54) is 17.0 Å². The van der Waals surface area contributed by atoms with Gasteiger partial charge < -0.3 is 9.47 Å². The van der Waals surface area contributed by atoms with Gasteiger partial charge in [-0.15, -0.1) is 0 Å². The average Bonchev–Trinajstić information content (AvgIpc) is 3.16. The van der Waals surface area contributed by atoms with Crippen molar-refractivity contribution >= 4 is 55.7 Å². The maximum Gasteiger partial charge on any atom is 0.293 e. The van der Waals surface area contributed by atoms with Crippen LogP contribution < -0.4 is 9.47 Å². The van der Waals surface area contributed by atoms with E-state index in [2.05, 4.69) is 15.9 Å². The molecule has 0 radical (unpaired) electrons. The highest BCUT2D eigenvalue weighted by atomic mass is 79.9. The number of imide groups is 1. The van der Waals surface area contributed by atoms with Crippen molar-refractivity contribution < 1.29 is 23.5 Å². The van der Waals surface area contributed by atoms with Gasteiger partial charge in [0.25, 0.3) is 11.1 Å². The van der Waals surface area contributed by atoms with Gasteiger partial charge in [-0.1, -0.05) is 64.5 Å². The molecule has 0 spiro atoms. The molecule has 1 heterocycles. The smallest absolute Gasteiger partial charge is 0.293 e. The van der Waals surface area contributed by atoms with Crippen molar-refractivity contribution in [3.05, 3.63) is 111 Å². The van der Waals surface area contributed by atoms with Crippen LogP contribution in [0.25, 0.3) is 16.8 Å². The molecule has 186 valence electrons. The first kappa shape index (κ1) is 25.0. The first-order valence-electron chi connectivity index (χ1n) is 11.5. The van der Waals surface area contributed by atoms with Crippen molar-refractivity contribution in [3.63, 3.8) is 0 Å². The highest BCUT2D eigenvalue weighted by Gasteiger charge is 2.35. The summed E-state index contributed by atoms with van der Waals surface area (Å²) in [7, 11) is 0. The largest absolute Gasteiger partial charge is 0.491 e. The first-order valence-corrected chi connectivity index (χ1v) is 13.1. The number of carbonyl (C=O) groups excluding carboxylic acids is 2. The van der Waals surface area contributed by atoms with Gasteiger partial charge in [0.2, 0.25) is 0 Å². The summed E-state index contributed by atoms with van der Waals surface area (Å²) in [5, 5.41) is 1.68. The quantitative estimate of drug-likeness (QED) is 0.204. The van der Waals surface area contributed by atoms with Crippen LogP contribution in [0.1, 0.15) is 11.1 Å². The molecule has 2 amide bonds. The van der Waals surface area contributed by atoms with Crippen molar-refractivity contribution in [2.75, 3.05) is 13.2 Å². The number of ether oxygens (including phenoxy) is 2. The van der Waals surface area contributed by atoms with Gasteiger partial charge in [-0.2, -0.15) is 0 Å². The van der Waals surface area contributed by atoms with Gasteiger partial charge in [0.05, 0.1) is 11.4 Å². The Morgan fingerprint density at radius 2 is 1.68 bits per heavy atom. The first-order chi connectivity index (χ1) is 18.0. The fourth-order valence-corrected chi connectivity index (χ4v) is 5.14. The van der Waals surface area contributed by atoms with Crippen LogP contribution >= 0.6 is 27.7 Å². The lowest BCUT2D eigenvalue weighted by atomic mass is 10.1. The summed E-state index contributed by atoms with van der Waals surface area (Å²) in [5.74, 6) is 0.559. The molecule has 5 nitrogen and oxygen atoms in total. The number of hydrogen-bond donors (Lipinski definition) is 0. The van der Waals surface area contributed by atoms with E-state index in [9.17, 15) is 14.0 Å². The number of hydrogen-bond acceptors (Lipinski definition) is 5. The molecule has 1 fully saturated rings. The van der Waals surface area contributed by atoms with Crippen LogP contribution in [-0.2, 0) is 11.4 Å². The van der Waals surface area contributed by atoms with Crippen LogP contribution in [0.4, 0.5) is 9.18 Å². The summed E-state index contributed by atoms with van der Waals surface area (Å²) in [4.78, 5) is 27.2. The van der Waals surface area contributed by atoms with E-state index in [0.717, 1.165) is 32.6 Å². The number of benzene rings is 4.